The average molecular weight is 348 g/mol. The molecule has 1 N–H and O–H groups in total. The van der Waals surface area contributed by atoms with E-state index < -0.39 is 0 Å². The molecule has 5 heteroatoms. The van der Waals surface area contributed by atoms with E-state index in [0.29, 0.717) is 23.4 Å². The van der Waals surface area contributed by atoms with Crippen LogP contribution >= 0.6 is 0 Å². The fourth-order valence-electron chi connectivity index (χ4n) is 2.79. The quantitative estimate of drug-likeness (QED) is 0.780. The second kappa shape index (κ2) is 6.83. The lowest BCUT2D eigenvalue weighted by atomic mass is 9.91. The number of nitrogens with one attached hydrogen (secondary N) is 1. The van der Waals surface area contributed by atoms with Crippen LogP contribution in [0.2, 0.25) is 0 Å². The van der Waals surface area contributed by atoms with E-state index >= 15 is 0 Å². The van der Waals surface area contributed by atoms with Crippen molar-refractivity contribution in [2.45, 2.75) is 46.6 Å². The average Bonchev–Trinajstić information content (AvgIpc) is 2.59. The lowest BCUT2D eigenvalue weighted by Gasteiger charge is -2.19. The number of nitrogens with zero attached hydrogens (tertiary/aromatic N) is 3. The van der Waals surface area contributed by atoms with Crippen molar-refractivity contribution in [2.75, 3.05) is 0 Å². The van der Waals surface area contributed by atoms with Gasteiger partial charge < -0.3 is 5.32 Å². The van der Waals surface area contributed by atoms with Crippen LogP contribution in [0.15, 0.2) is 36.5 Å². The topological polar surface area (TPSA) is 67.8 Å². The minimum absolute atomic E-state index is 0.00838. The molecule has 134 valence electrons. The molecular formula is C21H24N4O. The number of aryl methyl sites for hydroxylation is 2. The lowest BCUT2D eigenvalue weighted by molar-refractivity contribution is 0.0950. The molecule has 0 saturated carbocycles. The monoisotopic (exact) mass is 348 g/mol. The zero-order chi connectivity index (χ0) is 18.9. The van der Waals surface area contributed by atoms with E-state index in [0.717, 1.165) is 22.3 Å². The number of amides is 1. The zero-order valence-corrected chi connectivity index (χ0v) is 15.9. The van der Waals surface area contributed by atoms with Crippen molar-refractivity contribution in [2.24, 2.45) is 0 Å². The lowest BCUT2D eigenvalue weighted by Crippen LogP contribution is -2.25. The van der Waals surface area contributed by atoms with Crippen molar-refractivity contribution in [3.63, 3.8) is 0 Å². The Hall–Kier alpha value is -2.82. The van der Waals surface area contributed by atoms with Crippen LogP contribution in [0.25, 0.3) is 11.0 Å². The van der Waals surface area contributed by atoms with Gasteiger partial charge in [-0.05, 0) is 43.7 Å². The van der Waals surface area contributed by atoms with Crippen molar-refractivity contribution in [3.05, 3.63) is 64.7 Å². The van der Waals surface area contributed by atoms with E-state index in [1.165, 1.54) is 0 Å². The van der Waals surface area contributed by atoms with Crippen molar-refractivity contribution < 1.29 is 4.79 Å². The third-order valence-corrected chi connectivity index (χ3v) is 4.43. The second-order valence-corrected chi connectivity index (χ2v) is 7.55. The Kier molecular flexibility index (Phi) is 4.72. The first-order valence-corrected chi connectivity index (χ1v) is 8.73. The number of aromatic nitrogens is 3. The molecule has 0 radical (unpaired) electrons. The molecule has 5 nitrogen and oxygen atoms in total. The summed E-state index contributed by atoms with van der Waals surface area (Å²) in [7, 11) is 0. The molecule has 3 aromatic rings. The molecule has 0 unspecified atom stereocenters. The fraction of sp³-hybridized carbons (Fsp3) is 0.333. The van der Waals surface area contributed by atoms with Crippen LogP contribution in [0.3, 0.4) is 0 Å². The predicted octanol–water partition coefficient (Wildman–Crippen LogP) is 3.87. The predicted molar refractivity (Wildman–Crippen MR) is 103 cm³/mol. The van der Waals surface area contributed by atoms with Crippen LogP contribution in [0, 0.1) is 13.8 Å². The summed E-state index contributed by atoms with van der Waals surface area (Å²) in [6, 6.07) is 9.66. The summed E-state index contributed by atoms with van der Waals surface area (Å²) >= 11 is 0. The van der Waals surface area contributed by atoms with E-state index in [2.05, 4.69) is 41.0 Å². The summed E-state index contributed by atoms with van der Waals surface area (Å²) in [4.78, 5) is 26.0. The van der Waals surface area contributed by atoms with Gasteiger partial charge >= 0.3 is 0 Å². The van der Waals surface area contributed by atoms with E-state index in [4.69, 9.17) is 0 Å². The highest BCUT2D eigenvalue weighted by Gasteiger charge is 2.17. The van der Waals surface area contributed by atoms with E-state index in [-0.39, 0.29) is 11.3 Å². The van der Waals surface area contributed by atoms with Crippen LogP contribution in [0.1, 0.15) is 53.8 Å². The van der Waals surface area contributed by atoms with Crippen molar-refractivity contribution in [1.82, 2.24) is 20.3 Å². The Morgan fingerprint density at radius 2 is 1.85 bits per heavy atom. The Balaban J connectivity index is 1.78. The Morgan fingerprint density at radius 3 is 2.54 bits per heavy atom. The van der Waals surface area contributed by atoms with Crippen LogP contribution in [-0.4, -0.2) is 20.9 Å². The van der Waals surface area contributed by atoms with Crippen LogP contribution < -0.4 is 5.32 Å². The van der Waals surface area contributed by atoms with Crippen LogP contribution in [0.5, 0.6) is 0 Å². The van der Waals surface area contributed by atoms with E-state index in [9.17, 15) is 4.79 Å². The first kappa shape index (κ1) is 18.0. The Labute approximate surface area is 153 Å². The van der Waals surface area contributed by atoms with Gasteiger partial charge in [0.2, 0.25) is 0 Å². The smallest absolute Gasteiger partial charge is 0.253 e. The first-order valence-electron chi connectivity index (χ1n) is 8.73. The largest absolute Gasteiger partial charge is 0.348 e. The fourth-order valence-corrected chi connectivity index (χ4v) is 2.79. The summed E-state index contributed by atoms with van der Waals surface area (Å²) in [5.41, 5.74) is 4.91. The van der Waals surface area contributed by atoms with Gasteiger partial charge in [0.05, 0.1) is 11.3 Å². The SMILES string of the molecule is Cc1nc(C(C)(C)C)ccc1CNC(=O)c1cc2cccnc2nc1C. The van der Waals surface area contributed by atoms with Crippen molar-refractivity contribution >= 4 is 16.9 Å². The molecule has 0 aliphatic heterocycles. The summed E-state index contributed by atoms with van der Waals surface area (Å²) in [5.74, 6) is -0.139. The summed E-state index contributed by atoms with van der Waals surface area (Å²) in [6.45, 7) is 10.7. The van der Waals surface area contributed by atoms with Crippen molar-refractivity contribution in [1.29, 1.82) is 0 Å². The van der Waals surface area contributed by atoms with Crippen LogP contribution in [-0.2, 0) is 12.0 Å². The summed E-state index contributed by atoms with van der Waals surface area (Å²) < 4.78 is 0. The maximum atomic E-state index is 12.6. The summed E-state index contributed by atoms with van der Waals surface area (Å²) in [6.07, 6.45) is 1.70. The number of carbonyl (C=O) groups is 1. The van der Waals surface area contributed by atoms with Gasteiger partial charge in [0, 0.05) is 34.9 Å². The second-order valence-electron chi connectivity index (χ2n) is 7.55. The van der Waals surface area contributed by atoms with Gasteiger partial charge in [-0.1, -0.05) is 26.8 Å². The molecule has 1 amide bonds. The number of carbonyl (C=O) groups excluding carboxylic acids is 1. The van der Waals surface area contributed by atoms with Gasteiger partial charge in [-0.25, -0.2) is 9.97 Å². The molecular weight excluding hydrogens is 324 g/mol. The van der Waals surface area contributed by atoms with Gasteiger partial charge in [-0.15, -0.1) is 0 Å². The Morgan fingerprint density at radius 1 is 1.08 bits per heavy atom. The number of hydrogen-bond acceptors (Lipinski definition) is 4. The summed E-state index contributed by atoms with van der Waals surface area (Å²) in [5, 5.41) is 3.84. The molecule has 0 aliphatic carbocycles. The Bertz CT molecular complexity index is 973. The highest BCUT2D eigenvalue weighted by atomic mass is 16.1. The molecule has 3 heterocycles. The van der Waals surface area contributed by atoms with Gasteiger partial charge in [-0.3, -0.25) is 9.78 Å². The maximum Gasteiger partial charge on any atom is 0.253 e. The molecule has 3 rings (SSSR count). The number of pyridine rings is 3. The molecule has 0 fully saturated rings. The molecule has 3 aromatic heterocycles. The van der Waals surface area contributed by atoms with Gasteiger partial charge in [-0.2, -0.15) is 0 Å². The van der Waals surface area contributed by atoms with Gasteiger partial charge in [0.25, 0.3) is 5.91 Å². The van der Waals surface area contributed by atoms with Gasteiger partial charge in [0.15, 0.2) is 5.65 Å². The van der Waals surface area contributed by atoms with E-state index in [1.807, 2.05) is 44.2 Å². The van der Waals surface area contributed by atoms with E-state index in [1.54, 1.807) is 6.20 Å². The molecule has 26 heavy (non-hydrogen) atoms. The van der Waals surface area contributed by atoms with Crippen LogP contribution in [0.4, 0.5) is 0 Å². The number of hydrogen-bond donors (Lipinski definition) is 1. The first-order chi connectivity index (χ1) is 12.3. The minimum Gasteiger partial charge on any atom is -0.348 e. The zero-order valence-electron chi connectivity index (χ0n) is 15.9. The molecule has 0 aromatic carbocycles. The maximum absolute atomic E-state index is 12.6. The third kappa shape index (κ3) is 3.72. The molecule has 0 spiro atoms. The number of rotatable bonds is 3. The third-order valence-electron chi connectivity index (χ3n) is 4.43. The minimum atomic E-state index is -0.139. The molecule has 0 aliphatic rings. The molecule has 0 bridgehead atoms. The highest BCUT2D eigenvalue weighted by molar-refractivity contribution is 5.98. The van der Waals surface area contributed by atoms with Crippen molar-refractivity contribution in [3.8, 4) is 0 Å². The normalized spacial score (nSPS) is 11.6. The standard InChI is InChI=1S/C21H24N4O/c1-13-16(8-9-18(24-13)21(3,4)5)12-23-20(26)17-11-15-7-6-10-22-19(15)25-14(17)2/h6-11H,12H2,1-5H3,(H,23,26). The number of fused-ring (bicyclic) bond motifs is 1. The molecule has 0 atom stereocenters. The molecule has 0 saturated heterocycles. The highest BCUT2D eigenvalue weighted by Crippen LogP contribution is 2.21. The van der Waals surface area contributed by atoms with Gasteiger partial charge in [0.1, 0.15) is 0 Å².